The lowest BCUT2D eigenvalue weighted by Crippen LogP contribution is -2.54. The van der Waals surface area contributed by atoms with E-state index in [0.717, 1.165) is 11.3 Å². The van der Waals surface area contributed by atoms with Crippen LogP contribution in [0.5, 0.6) is 0 Å². The number of carbonyl (C=O) groups is 4. The molecule has 3 N–H and O–H groups in total. The molecule has 142 valence electrons. The molecule has 10 nitrogen and oxygen atoms in total. The molecule has 2 aliphatic heterocycles. The van der Waals surface area contributed by atoms with E-state index in [1.54, 1.807) is 0 Å². The van der Waals surface area contributed by atoms with Crippen molar-refractivity contribution in [2.24, 2.45) is 4.99 Å². The predicted molar refractivity (Wildman–Crippen MR) is 90.3 cm³/mol. The summed E-state index contributed by atoms with van der Waals surface area (Å²) in [7, 11) is 0. The van der Waals surface area contributed by atoms with Crippen molar-refractivity contribution >= 4 is 35.7 Å². The van der Waals surface area contributed by atoms with E-state index < -0.39 is 42.4 Å². The molecule has 0 radical (unpaired) electrons. The largest absolute Gasteiger partial charge is 0.480 e. The van der Waals surface area contributed by atoms with E-state index in [1.807, 2.05) is 0 Å². The average Bonchev–Trinajstić information content (AvgIpc) is 2.90. The van der Waals surface area contributed by atoms with Crippen LogP contribution in [0, 0.1) is 0 Å². The summed E-state index contributed by atoms with van der Waals surface area (Å²) in [5.41, 5.74) is 0.309. The van der Waals surface area contributed by atoms with Crippen LogP contribution < -0.4 is 5.32 Å². The number of benzene rings is 1. The molecule has 0 aliphatic carbocycles. The summed E-state index contributed by atoms with van der Waals surface area (Å²) in [6, 6.07) is 3.44. The summed E-state index contributed by atoms with van der Waals surface area (Å²) < 4.78 is 4.97. The highest BCUT2D eigenvalue weighted by atomic mass is 16.5. The zero-order valence-electron chi connectivity index (χ0n) is 14.1. The normalized spacial score (nSPS) is 20.8. The Labute approximate surface area is 153 Å². The second-order valence-electron chi connectivity index (χ2n) is 6.05. The van der Waals surface area contributed by atoms with Crippen LogP contribution in [0.3, 0.4) is 0 Å². The molecule has 1 aromatic rings. The Morgan fingerprint density at radius 2 is 2.07 bits per heavy atom. The van der Waals surface area contributed by atoms with Crippen molar-refractivity contribution in [3.63, 3.8) is 0 Å². The molecule has 2 aliphatic rings. The Kier molecular flexibility index (Phi) is 5.28. The van der Waals surface area contributed by atoms with Crippen molar-refractivity contribution in [1.82, 2.24) is 10.2 Å². The topological polar surface area (TPSA) is 146 Å². The second-order valence-corrected chi connectivity index (χ2v) is 6.05. The van der Waals surface area contributed by atoms with Gasteiger partial charge in [0.05, 0.1) is 23.4 Å². The highest BCUT2D eigenvalue weighted by Crippen LogP contribution is 2.33. The average molecular weight is 375 g/mol. The lowest BCUT2D eigenvalue weighted by molar-refractivity contribution is -0.136. The number of rotatable bonds is 6. The minimum atomic E-state index is -1.07. The fourth-order valence-corrected chi connectivity index (χ4v) is 2.91. The van der Waals surface area contributed by atoms with Crippen molar-refractivity contribution in [1.29, 1.82) is 0 Å². The molecule has 1 saturated heterocycles. The van der Waals surface area contributed by atoms with Crippen molar-refractivity contribution in [3.05, 3.63) is 29.3 Å². The summed E-state index contributed by atoms with van der Waals surface area (Å²) in [6.07, 6.45) is 0.0392. The van der Waals surface area contributed by atoms with Gasteiger partial charge in [-0.2, -0.15) is 0 Å². The standard InChI is InChI=1S/C17H17N3O7/c21-6-9(22)7-27-8-18-11-3-1-2-10-14(11)17(26)20(16(10)25)12-4-5-13(23)19-15(12)24/h1-3,8-9,12,21-22H,4-7H2,(H,19,23,24)/t9-,12?/m1/s1. The number of hydrogen-bond donors (Lipinski definition) is 3. The third-order valence-corrected chi connectivity index (χ3v) is 4.21. The van der Waals surface area contributed by atoms with Gasteiger partial charge in [-0.05, 0) is 18.6 Å². The molecule has 0 saturated carbocycles. The third kappa shape index (κ3) is 3.57. The van der Waals surface area contributed by atoms with Gasteiger partial charge in [-0.15, -0.1) is 0 Å². The molecule has 4 amide bonds. The van der Waals surface area contributed by atoms with Crippen LogP contribution >= 0.6 is 0 Å². The number of hydrogen-bond acceptors (Lipinski definition) is 8. The van der Waals surface area contributed by atoms with Gasteiger partial charge in [-0.1, -0.05) is 6.07 Å². The molecule has 0 aromatic heterocycles. The minimum absolute atomic E-state index is 0.0368. The van der Waals surface area contributed by atoms with E-state index in [-0.39, 0.29) is 36.3 Å². The quantitative estimate of drug-likeness (QED) is 0.332. The number of aliphatic hydroxyl groups excluding tert-OH is 2. The van der Waals surface area contributed by atoms with Gasteiger partial charge in [0.25, 0.3) is 11.8 Å². The number of nitrogens with one attached hydrogen (secondary N) is 1. The zero-order valence-corrected chi connectivity index (χ0v) is 14.1. The van der Waals surface area contributed by atoms with E-state index in [1.165, 1.54) is 18.2 Å². The molecule has 27 heavy (non-hydrogen) atoms. The highest BCUT2D eigenvalue weighted by Gasteiger charge is 2.45. The van der Waals surface area contributed by atoms with Crippen LogP contribution in [0.2, 0.25) is 0 Å². The monoisotopic (exact) mass is 375 g/mol. The van der Waals surface area contributed by atoms with Gasteiger partial charge in [-0.3, -0.25) is 29.4 Å². The number of ether oxygens (including phenoxy) is 1. The molecule has 10 heteroatoms. The van der Waals surface area contributed by atoms with Gasteiger partial charge in [-0.25, -0.2) is 4.99 Å². The predicted octanol–water partition coefficient (Wildman–Crippen LogP) is -0.883. The first kappa shape index (κ1) is 18.7. The Morgan fingerprint density at radius 3 is 2.78 bits per heavy atom. The Morgan fingerprint density at radius 1 is 1.30 bits per heavy atom. The van der Waals surface area contributed by atoms with E-state index >= 15 is 0 Å². The molecule has 1 fully saturated rings. The summed E-state index contributed by atoms with van der Waals surface area (Å²) in [4.78, 5) is 53.6. The van der Waals surface area contributed by atoms with Crippen LogP contribution in [0.25, 0.3) is 0 Å². The molecular formula is C17H17N3O7. The second kappa shape index (κ2) is 7.64. The van der Waals surface area contributed by atoms with Crippen LogP contribution in [-0.4, -0.2) is 70.5 Å². The van der Waals surface area contributed by atoms with Gasteiger partial charge in [0.15, 0.2) is 6.40 Å². The Bertz CT molecular complexity index is 836. The number of fused-ring (bicyclic) bond motifs is 1. The molecule has 2 atom stereocenters. The number of aliphatic imine (C=N–C) groups is 1. The fraction of sp³-hybridized carbons (Fsp3) is 0.353. The number of aliphatic hydroxyl groups is 2. The maximum absolute atomic E-state index is 12.8. The molecule has 0 bridgehead atoms. The maximum atomic E-state index is 12.8. The summed E-state index contributed by atoms with van der Waals surface area (Å²) in [5.74, 6) is -2.43. The first-order valence-corrected chi connectivity index (χ1v) is 8.21. The number of imide groups is 2. The number of amides is 4. The Balaban J connectivity index is 1.83. The SMILES string of the molecule is O=C1CCC(N2C(=O)c3cccc(N=COC[C@H](O)CO)c3C2=O)C(=O)N1. The van der Waals surface area contributed by atoms with Crippen molar-refractivity contribution in [2.75, 3.05) is 13.2 Å². The molecule has 2 heterocycles. The van der Waals surface area contributed by atoms with Crippen molar-refractivity contribution < 1.29 is 34.1 Å². The van der Waals surface area contributed by atoms with Crippen LogP contribution in [-0.2, 0) is 14.3 Å². The lowest BCUT2D eigenvalue weighted by Gasteiger charge is -2.27. The van der Waals surface area contributed by atoms with Crippen LogP contribution in [0.15, 0.2) is 23.2 Å². The van der Waals surface area contributed by atoms with E-state index in [0.29, 0.717) is 0 Å². The first-order chi connectivity index (χ1) is 12.9. The van der Waals surface area contributed by atoms with Crippen LogP contribution in [0.4, 0.5) is 5.69 Å². The first-order valence-electron chi connectivity index (χ1n) is 8.21. The molecule has 1 aromatic carbocycles. The summed E-state index contributed by atoms with van der Waals surface area (Å²) in [6.45, 7) is -0.660. The third-order valence-electron chi connectivity index (χ3n) is 4.21. The lowest BCUT2D eigenvalue weighted by atomic mass is 10.0. The number of piperidine rings is 1. The van der Waals surface area contributed by atoms with Crippen LogP contribution in [0.1, 0.15) is 33.6 Å². The minimum Gasteiger partial charge on any atom is -0.480 e. The highest BCUT2D eigenvalue weighted by molar-refractivity contribution is 6.25. The van der Waals surface area contributed by atoms with E-state index in [2.05, 4.69) is 10.3 Å². The van der Waals surface area contributed by atoms with Gasteiger partial charge < -0.3 is 14.9 Å². The maximum Gasteiger partial charge on any atom is 0.264 e. The number of carbonyl (C=O) groups excluding carboxylic acids is 4. The van der Waals surface area contributed by atoms with Gasteiger partial charge in [0, 0.05) is 6.42 Å². The summed E-state index contributed by atoms with van der Waals surface area (Å²) in [5, 5.41) is 20.1. The molecule has 3 rings (SSSR count). The fourth-order valence-electron chi connectivity index (χ4n) is 2.91. The molecular weight excluding hydrogens is 358 g/mol. The summed E-state index contributed by atoms with van der Waals surface area (Å²) >= 11 is 0. The van der Waals surface area contributed by atoms with Crippen molar-refractivity contribution in [3.8, 4) is 0 Å². The van der Waals surface area contributed by atoms with Gasteiger partial charge >= 0.3 is 0 Å². The van der Waals surface area contributed by atoms with Crippen molar-refractivity contribution in [2.45, 2.75) is 25.0 Å². The van der Waals surface area contributed by atoms with Gasteiger partial charge in [0.1, 0.15) is 18.8 Å². The van der Waals surface area contributed by atoms with Gasteiger partial charge in [0.2, 0.25) is 11.8 Å². The van der Waals surface area contributed by atoms with E-state index in [9.17, 15) is 24.3 Å². The van der Waals surface area contributed by atoms with E-state index in [4.69, 9.17) is 9.84 Å². The molecule has 0 spiro atoms. The smallest absolute Gasteiger partial charge is 0.264 e. The number of nitrogens with zero attached hydrogens (tertiary/aromatic N) is 2. The Hall–Kier alpha value is -3.11. The molecule has 1 unspecified atom stereocenters. The zero-order chi connectivity index (χ0) is 19.6.